The molecule has 0 saturated carbocycles. The van der Waals surface area contributed by atoms with Crippen LogP contribution in [0.25, 0.3) is 0 Å². The van der Waals surface area contributed by atoms with Crippen molar-refractivity contribution in [3.8, 4) is 6.07 Å². The Morgan fingerprint density at radius 2 is 1.81 bits per heavy atom. The average Bonchev–Trinajstić information content (AvgIpc) is 2.15. The molecule has 0 aromatic carbocycles. The van der Waals surface area contributed by atoms with Crippen LogP contribution in [0.2, 0.25) is 0 Å². The zero-order valence-electron chi connectivity index (χ0n) is 9.59. The van der Waals surface area contributed by atoms with E-state index in [1.807, 2.05) is 18.7 Å². The van der Waals surface area contributed by atoms with Crippen molar-refractivity contribution >= 4 is 0 Å². The summed E-state index contributed by atoms with van der Waals surface area (Å²) < 4.78 is 37.4. The number of piperidine rings is 1. The van der Waals surface area contributed by atoms with Crippen molar-refractivity contribution in [2.75, 3.05) is 6.54 Å². The third-order valence-electron chi connectivity index (χ3n) is 3.32. The van der Waals surface area contributed by atoms with Crippen molar-refractivity contribution in [1.82, 2.24) is 4.90 Å². The molecule has 1 fully saturated rings. The van der Waals surface area contributed by atoms with Crippen molar-refractivity contribution in [1.29, 1.82) is 5.26 Å². The van der Waals surface area contributed by atoms with Gasteiger partial charge in [0.1, 0.15) is 0 Å². The smallest absolute Gasteiger partial charge is 0.296 e. The van der Waals surface area contributed by atoms with E-state index in [0.717, 1.165) is 19.3 Å². The van der Waals surface area contributed by atoms with Crippen molar-refractivity contribution < 1.29 is 13.2 Å². The molecule has 3 unspecified atom stereocenters. The van der Waals surface area contributed by atoms with Crippen LogP contribution in [0.4, 0.5) is 13.2 Å². The summed E-state index contributed by atoms with van der Waals surface area (Å²) in [5.74, 6) is -1.87. The first-order valence-electron chi connectivity index (χ1n) is 5.58. The minimum Gasteiger partial charge on any atom is -0.296 e. The Morgan fingerprint density at radius 1 is 1.31 bits per heavy atom. The van der Waals surface area contributed by atoms with Gasteiger partial charge in [-0.2, -0.15) is 18.4 Å². The van der Waals surface area contributed by atoms with Crippen molar-refractivity contribution in [2.24, 2.45) is 5.92 Å². The highest BCUT2D eigenvalue weighted by atomic mass is 19.4. The van der Waals surface area contributed by atoms with Gasteiger partial charge in [-0.1, -0.05) is 6.42 Å². The lowest BCUT2D eigenvalue weighted by molar-refractivity contribution is -0.166. The largest absolute Gasteiger partial charge is 0.405 e. The summed E-state index contributed by atoms with van der Waals surface area (Å²) in [7, 11) is 0. The van der Waals surface area contributed by atoms with Crippen LogP contribution < -0.4 is 0 Å². The first-order valence-corrected chi connectivity index (χ1v) is 5.58. The van der Waals surface area contributed by atoms with Gasteiger partial charge in [-0.25, -0.2) is 0 Å². The average molecular weight is 234 g/mol. The Balaban J connectivity index is 2.67. The maximum Gasteiger partial charge on any atom is 0.405 e. The zero-order chi connectivity index (χ0) is 12.3. The molecule has 0 spiro atoms. The van der Waals surface area contributed by atoms with E-state index in [0.29, 0.717) is 0 Å². The predicted octanol–water partition coefficient (Wildman–Crippen LogP) is 2.95. The maximum atomic E-state index is 12.5. The number of hydrogen-bond donors (Lipinski definition) is 0. The molecule has 1 saturated heterocycles. The van der Waals surface area contributed by atoms with Gasteiger partial charge in [-0.05, 0) is 26.7 Å². The highest BCUT2D eigenvalue weighted by Crippen LogP contribution is 2.30. The summed E-state index contributed by atoms with van der Waals surface area (Å²) in [6.07, 6.45) is -1.52. The quantitative estimate of drug-likeness (QED) is 0.734. The lowest BCUT2D eigenvalue weighted by atomic mass is 9.96. The Kier molecular flexibility index (Phi) is 4.20. The third kappa shape index (κ3) is 3.11. The molecule has 0 aromatic heterocycles. The minimum absolute atomic E-state index is 0.141. The van der Waals surface area contributed by atoms with Gasteiger partial charge in [-0.3, -0.25) is 4.90 Å². The summed E-state index contributed by atoms with van der Waals surface area (Å²) in [6.45, 7) is 3.67. The van der Waals surface area contributed by atoms with Crippen LogP contribution in [0.15, 0.2) is 0 Å². The van der Waals surface area contributed by atoms with E-state index in [-0.39, 0.29) is 18.6 Å². The van der Waals surface area contributed by atoms with E-state index in [4.69, 9.17) is 5.26 Å². The van der Waals surface area contributed by atoms with Crippen LogP contribution >= 0.6 is 0 Å². The highest BCUT2D eigenvalue weighted by Gasteiger charge is 2.42. The molecule has 0 bridgehead atoms. The van der Waals surface area contributed by atoms with E-state index in [9.17, 15) is 13.2 Å². The molecule has 1 heterocycles. The van der Waals surface area contributed by atoms with Crippen LogP contribution in [0.5, 0.6) is 0 Å². The number of rotatable bonds is 2. The summed E-state index contributed by atoms with van der Waals surface area (Å²) in [5.41, 5.74) is 0. The van der Waals surface area contributed by atoms with E-state index < -0.39 is 12.1 Å². The summed E-state index contributed by atoms with van der Waals surface area (Å²) in [6, 6.07) is 1.65. The zero-order valence-corrected chi connectivity index (χ0v) is 9.59. The number of nitriles is 1. The van der Waals surface area contributed by atoms with E-state index >= 15 is 0 Å². The fraction of sp³-hybridized carbons (Fsp3) is 0.909. The molecule has 0 N–H and O–H groups in total. The fourth-order valence-electron chi connectivity index (χ4n) is 2.26. The molecule has 0 aromatic rings. The van der Waals surface area contributed by atoms with Crippen LogP contribution in [0, 0.1) is 17.2 Å². The van der Waals surface area contributed by atoms with Gasteiger partial charge in [0.2, 0.25) is 0 Å². The predicted molar refractivity (Wildman–Crippen MR) is 54.6 cm³/mol. The number of likely N-dealkylation sites (tertiary alicyclic amines) is 1. The second-order valence-electron chi connectivity index (χ2n) is 4.55. The topological polar surface area (TPSA) is 27.0 Å². The lowest BCUT2D eigenvalue weighted by Crippen LogP contribution is -2.48. The first kappa shape index (κ1) is 13.3. The van der Waals surface area contributed by atoms with Gasteiger partial charge in [-0.15, -0.1) is 0 Å². The van der Waals surface area contributed by atoms with Gasteiger partial charge in [0, 0.05) is 18.6 Å². The van der Waals surface area contributed by atoms with Crippen LogP contribution in [-0.4, -0.2) is 29.7 Å². The first-order chi connectivity index (χ1) is 7.36. The van der Waals surface area contributed by atoms with E-state index in [2.05, 4.69) is 0 Å². The maximum absolute atomic E-state index is 12.5. The Morgan fingerprint density at radius 3 is 2.19 bits per heavy atom. The van der Waals surface area contributed by atoms with Crippen LogP contribution in [0.3, 0.4) is 0 Å². The molecule has 5 heteroatoms. The molecule has 0 aliphatic carbocycles. The molecule has 92 valence electrons. The molecule has 0 radical (unpaired) electrons. The number of nitrogens with zero attached hydrogens (tertiary/aromatic N) is 2. The molecule has 0 amide bonds. The fourth-order valence-corrected chi connectivity index (χ4v) is 2.26. The Bertz CT molecular complexity index is 259. The van der Waals surface area contributed by atoms with Crippen LogP contribution in [0.1, 0.15) is 33.1 Å². The number of alkyl halides is 3. The second kappa shape index (κ2) is 5.05. The third-order valence-corrected chi connectivity index (χ3v) is 3.32. The summed E-state index contributed by atoms with van der Waals surface area (Å²) in [5, 5.41) is 8.57. The molecule has 16 heavy (non-hydrogen) atoms. The lowest BCUT2D eigenvalue weighted by Gasteiger charge is -2.40. The van der Waals surface area contributed by atoms with E-state index in [1.54, 1.807) is 0 Å². The number of hydrogen-bond acceptors (Lipinski definition) is 2. The summed E-state index contributed by atoms with van der Waals surface area (Å²) >= 11 is 0. The van der Waals surface area contributed by atoms with Gasteiger partial charge >= 0.3 is 6.18 Å². The Hall–Kier alpha value is -0.760. The van der Waals surface area contributed by atoms with Gasteiger partial charge in [0.15, 0.2) is 5.92 Å². The van der Waals surface area contributed by atoms with E-state index in [1.165, 1.54) is 6.07 Å². The molecule has 1 aliphatic heterocycles. The SMILES string of the molecule is CC1CCCC(C)N1CC(C#N)C(F)(F)F. The highest BCUT2D eigenvalue weighted by molar-refractivity contribution is 4.93. The van der Waals surface area contributed by atoms with Gasteiger partial charge < -0.3 is 0 Å². The molecule has 1 aliphatic rings. The van der Waals surface area contributed by atoms with Crippen LogP contribution in [-0.2, 0) is 0 Å². The normalized spacial score (nSPS) is 29.8. The van der Waals surface area contributed by atoms with Gasteiger partial charge in [0.25, 0.3) is 0 Å². The molecule has 1 rings (SSSR count). The molecular formula is C11H17F3N2. The minimum atomic E-state index is -4.41. The van der Waals surface area contributed by atoms with Crippen molar-refractivity contribution in [3.05, 3.63) is 0 Å². The second-order valence-corrected chi connectivity index (χ2v) is 4.55. The molecule has 3 atom stereocenters. The standard InChI is InChI=1S/C11H17F3N2/c1-8-4-3-5-9(2)16(8)7-10(6-15)11(12,13)14/h8-10H,3-5,7H2,1-2H3. The monoisotopic (exact) mass is 234 g/mol. The van der Waals surface area contributed by atoms with Crippen molar-refractivity contribution in [3.63, 3.8) is 0 Å². The Labute approximate surface area is 94.0 Å². The molecular weight excluding hydrogens is 217 g/mol. The van der Waals surface area contributed by atoms with Crippen molar-refractivity contribution in [2.45, 2.75) is 51.4 Å². The molecule has 2 nitrogen and oxygen atoms in total. The summed E-state index contributed by atoms with van der Waals surface area (Å²) in [4.78, 5) is 1.81. The van der Waals surface area contributed by atoms with Gasteiger partial charge in [0.05, 0.1) is 6.07 Å². The number of halogens is 3.